The van der Waals surface area contributed by atoms with Crippen molar-refractivity contribution in [2.75, 3.05) is 0 Å². The molecule has 3 atom stereocenters. The average molecular weight is 410 g/mol. The number of nitrogens with two attached hydrogens (primary N) is 1. The van der Waals surface area contributed by atoms with Crippen LogP contribution in [-0.2, 0) is 16.1 Å². The first-order chi connectivity index (χ1) is 14.2. The van der Waals surface area contributed by atoms with E-state index >= 15 is 0 Å². The fourth-order valence-corrected chi connectivity index (χ4v) is 6.06. The van der Waals surface area contributed by atoms with Gasteiger partial charge >= 0.3 is 5.97 Å². The van der Waals surface area contributed by atoms with Gasteiger partial charge in [-0.1, -0.05) is 29.8 Å². The number of carbonyl (C=O) groups is 1. The van der Waals surface area contributed by atoms with E-state index in [-0.39, 0.29) is 24.3 Å². The number of aliphatic imine (C=N–C) groups is 1. The van der Waals surface area contributed by atoms with Crippen molar-refractivity contribution in [2.24, 2.45) is 33.9 Å². The van der Waals surface area contributed by atoms with Crippen LogP contribution in [0.25, 0.3) is 0 Å². The van der Waals surface area contributed by atoms with Gasteiger partial charge in [-0.05, 0) is 69.3 Å². The predicted molar refractivity (Wildman–Crippen MR) is 114 cm³/mol. The number of nitriles is 1. The van der Waals surface area contributed by atoms with Crippen LogP contribution in [0.15, 0.2) is 29.3 Å². The molecule has 0 heterocycles. The van der Waals surface area contributed by atoms with E-state index in [2.05, 4.69) is 6.07 Å². The Bertz CT molecular complexity index is 872. The molecule has 0 aromatic heterocycles. The first-order valence-corrected chi connectivity index (χ1v) is 10.9. The molecule has 6 heteroatoms. The molecule has 0 amide bonds. The summed E-state index contributed by atoms with van der Waals surface area (Å²) in [6.07, 6.45) is 4.38. The summed E-state index contributed by atoms with van der Waals surface area (Å²) in [5.41, 5.74) is 7.14. The predicted octanol–water partition coefficient (Wildman–Crippen LogP) is 3.82. The summed E-state index contributed by atoms with van der Waals surface area (Å²) in [6, 6.07) is 10.3. The summed E-state index contributed by atoms with van der Waals surface area (Å²) < 4.78 is 6.14. The van der Waals surface area contributed by atoms with Crippen LogP contribution < -0.4 is 5.73 Å². The molecule has 4 aliphatic carbocycles. The largest absolute Gasteiger partial charge is 0.481 e. The van der Waals surface area contributed by atoms with E-state index in [1.807, 2.05) is 38.1 Å². The molecule has 3 N–H and O–H groups in total. The lowest BCUT2D eigenvalue weighted by atomic mass is 9.48. The number of nitrogens with zero attached hydrogens (tertiary/aromatic N) is 2. The monoisotopic (exact) mass is 409 g/mol. The summed E-state index contributed by atoms with van der Waals surface area (Å²) in [6.45, 7) is 4.23. The number of rotatable bonds is 7. The van der Waals surface area contributed by atoms with E-state index in [0.29, 0.717) is 31.2 Å². The highest BCUT2D eigenvalue weighted by Crippen LogP contribution is 2.61. The van der Waals surface area contributed by atoms with Crippen LogP contribution >= 0.6 is 0 Å². The van der Waals surface area contributed by atoms with E-state index in [1.54, 1.807) is 0 Å². The van der Waals surface area contributed by atoms with Gasteiger partial charge in [0.2, 0.25) is 0 Å². The number of hydrogen-bond donors (Lipinski definition) is 2. The zero-order valence-electron chi connectivity index (χ0n) is 17.8. The summed E-state index contributed by atoms with van der Waals surface area (Å²) in [4.78, 5) is 16.9. The molecule has 1 aromatic carbocycles. The molecule has 0 spiro atoms. The van der Waals surface area contributed by atoms with Crippen LogP contribution in [0.3, 0.4) is 0 Å². The Kier molecular flexibility index (Phi) is 5.36. The van der Waals surface area contributed by atoms with Gasteiger partial charge in [0.15, 0.2) is 0 Å². The molecular weight excluding hydrogens is 378 g/mol. The van der Waals surface area contributed by atoms with Crippen molar-refractivity contribution in [3.05, 3.63) is 35.4 Å². The lowest BCUT2D eigenvalue weighted by molar-refractivity contribution is -0.166. The Hall–Kier alpha value is -2.39. The number of carboxylic acid groups (broad SMARTS) is 1. The van der Waals surface area contributed by atoms with Crippen LogP contribution in [0.5, 0.6) is 0 Å². The molecule has 0 saturated heterocycles. The SMILES string of the molecule is Cc1ccc(COC(C)(CC#N)C(N)=NC2C3CC4CC2CC(C(=O)O)(C4)C3)cc1. The zero-order chi connectivity index (χ0) is 21.5. The van der Waals surface area contributed by atoms with Crippen molar-refractivity contribution >= 4 is 11.8 Å². The molecule has 3 unspecified atom stereocenters. The molecule has 0 radical (unpaired) electrons. The highest BCUT2D eigenvalue weighted by Gasteiger charge is 2.59. The van der Waals surface area contributed by atoms with Crippen LogP contribution in [0.2, 0.25) is 0 Å². The standard InChI is InChI=1S/C24H31N3O3/c1-15-3-5-16(6-4-15)14-30-23(2,7-8-25)21(26)27-20-18-9-17-10-19(20)13-24(11-17,12-18)22(28)29/h3-6,17-20H,7,9-14H2,1-2H3,(H2,26,27)(H,28,29). The van der Waals surface area contributed by atoms with Gasteiger partial charge in [0.25, 0.3) is 0 Å². The van der Waals surface area contributed by atoms with Gasteiger partial charge in [-0.15, -0.1) is 0 Å². The van der Waals surface area contributed by atoms with Gasteiger partial charge in [-0.25, -0.2) is 0 Å². The third-order valence-corrected chi connectivity index (χ3v) is 7.60. The Morgan fingerprint density at radius 3 is 2.50 bits per heavy atom. The van der Waals surface area contributed by atoms with Crippen molar-refractivity contribution < 1.29 is 14.6 Å². The number of aliphatic carboxylic acids is 1. The average Bonchev–Trinajstić information content (AvgIpc) is 2.70. The minimum Gasteiger partial charge on any atom is -0.481 e. The quantitative estimate of drug-likeness (QED) is 0.526. The van der Waals surface area contributed by atoms with Crippen LogP contribution in [-0.4, -0.2) is 28.6 Å². The van der Waals surface area contributed by atoms with E-state index in [4.69, 9.17) is 15.5 Å². The van der Waals surface area contributed by atoms with E-state index < -0.39 is 17.0 Å². The van der Waals surface area contributed by atoms with Gasteiger partial charge in [0, 0.05) is 0 Å². The molecule has 6 nitrogen and oxygen atoms in total. The number of amidine groups is 1. The van der Waals surface area contributed by atoms with Crippen LogP contribution in [0, 0.1) is 41.4 Å². The molecule has 30 heavy (non-hydrogen) atoms. The minimum atomic E-state index is -0.960. The maximum Gasteiger partial charge on any atom is 0.309 e. The molecule has 4 saturated carbocycles. The van der Waals surface area contributed by atoms with Crippen molar-refractivity contribution in [2.45, 2.75) is 70.6 Å². The van der Waals surface area contributed by atoms with Gasteiger partial charge in [0.05, 0.1) is 30.6 Å². The van der Waals surface area contributed by atoms with Crippen LogP contribution in [0.4, 0.5) is 0 Å². The second-order valence-corrected chi connectivity index (χ2v) is 9.90. The molecule has 4 aliphatic rings. The number of aryl methyl sites for hydroxylation is 1. The maximum atomic E-state index is 12.0. The second-order valence-electron chi connectivity index (χ2n) is 9.90. The van der Waals surface area contributed by atoms with Gasteiger partial charge in [-0.3, -0.25) is 9.79 Å². The van der Waals surface area contributed by atoms with Crippen LogP contribution in [0.1, 0.15) is 56.6 Å². The Morgan fingerprint density at radius 1 is 1.30 bits per heavy atom. The number of benzene rings is 1. The lowest BCUT2D eigenvalue weighted by Crippen LogP contribution is -2.56. The second kappa shape index (κ2) is 7.70. The molecular formula is C24H31N3O3. The Balaban J connectivity index is 1.52. The molecule has 1 aromatic rings. The van der Waals surface area contributed by atoms with Crippen molar-refractivity contribution in [1.29, 1.82) is 5.26 Å². The third-order valence-electron chi connectivity index (χ3n) is 7.60. The van der Waals surface area contributed by atoms with Gasteiger partial charge < -0.3 is 15.6 Å². The maximum absolute atomic E-state index is 12.0. The first kappa shape index (κ1) is 20.9. The van der Waals surface area contributed by atoms with Gasteiger partial charge in [0.1, 0.15) is 11.4 Å². The summed E-state index contributed by atoms with van der Waals surface area (Å²) in [5, 5.41) is 19.2. The fourth-order valence-electron chi connectivity index (χ4n) is 6.06. The van der Waals surface area contributed by atoms with E-state index in [9.17, 15) is 15.2 Å². The van der Waals surface area contributed by atoms with Gasteiger partial charge in [-0.2, -0.15) is 5.26 Å². The van der Waals surface area contributed by atoms with E-state index in [0.717, 1.165) is 24.8 Å². The highest BCUT2D eigenvalue weighted by molar-refractivity contribution is 5.89. The van der Waals surface area contributed by atoms with Crippen molar-refractivity contribution in [1.82, 2.24) is 0 Å². The first-order valence-electron chi connectivity index (χ1n) is 10.9. The van der Waals surface area contributed by atoms with E-state index in [1.165, 1.54) is 5.56 Å². The normalized spacial score (nSPS) is 34.4. The summed E-state index contributed by atoms with van der Waals surface area (Å²) >= 11 is 0. The summed E-state index contributed by atoms with van der Waals surface area (Å²) in [5.74, 6) is 0.726. The molecule has 5 rings (SSSR count). The minimum absolute atomic E-state index is 0.0371. The third kappa shape index (κ3) is 3.72. The lowest BCUT2D eigenvalue weighted by Gasteiger charge is -2.57. The molecule has 4 bridgehead atoms. The molecule has 4 fully saturated rings. The van der Waals surface area contributed by atoms with Crippen molar-refractivity contribution in [3.8, 4) is 6.07 Å². The zero-order valence-corrected chi connectivity index (χ0v) is 17.8. The Morgan fingerprint density at radius 2 is 1.93 bits per heavy atom. The molecule has 160 valence electrons. The van der Waals surface area contributed by atoms with Crippen molar-refractivity contribution in [3.63, 3.8) is 0 Å². The highest BCUT2D eigenvalue weighted by atomic mass is 16.5. The number of carboxylic acids is 1. The smallest absolute Gasteiger partial charge is 0.309 e. The topological polar surface area (TPSA) is 109 Å². The number of ether oxygens (including phenoxy) is 1. The summed E-state index contributed by atoms with van der Waals surface area (Å²) in [7, 11) is 0. The Labute approximate surface area is 178 Å². The number of hydrogen-bond acceptors (Lipinski definition) is 4. The fraction of sp³-hybridized carbons (Fsp3) is 0.625. The molecule has 0 aliphatic heterocycles.